The average Bonchev–Trinajstić information content (AvgIpc) is 2.69. The van der Waals surface area contributed by atoms with Crippen molar-refractivity contribution < 1.29 is 18.3 Å². The van der Waals surface area contributed by atoms with Gasteiger partial charge in [-0.2, -0.15) is 0 Å². The van der Waals surface area contributed by atoms with Crippen LogP contribution in [0.3, 0.4) is 0 Å². The lowest BCUT2D eigenvalue weighted by atomic mass is 9.74. The van der Waals surface area contributed by atoms with Crippen molar-refractivity contribution in [1.29, 1.82) is 0 Å². The Labute approximate surface area is 176 Å². The summed E-state index contributed by atoms with van der Waals surface area (Å²) in [4.78, 5) is 18.8. The van der Waals surface area contributed by atoms with Crippen molar-refractivity contribution in [1.82, 2.24) is 9.88 Å². The molecule has 0 unspecified atom stereocenters. The summed E-state index contributed by atoms with van der Waals surface area (Å²) in [5, 5.41) is 0.0922. The standard InChI is InChI=1S/C20H20BrClF2N2O2/c1-28-19(27)20(11-16-15(23)5-6-17(21)25-16)7-9-26(10-8-20)12-13-3-2-4-14(22)18(13)24/h2-6H,7-12H2,1H3. The molecule has 0 bridgehead atoms. The number of carbonyl (C=O) groups is 1. The monoisotopic (exact) mass is 472 g/mol. The number of benzene rings is 1. The fourth-order valence-electron chi connectivity index (χ4n) is 3.62. The van der Waals surface area contributed by atoms with Gasteiger partial charge in [0.25, 0.3) is 0 Å². The number of likely N-dealkylation sites (tertiary alicyclic amines) is 1. The van der Waals surface area contributed by atoms with E-state index in [9.17, 15) is 13.6 Å². The smallest absolute Gasteiger partial charge is 0.312 e. The number of methoxy groups -OCH3 is 1. The molecule has 2 aromatic rings. The Morgan fingerprint density at radius 2 is 2.00 bits per heavy atom. The molecule has 0 radical (unpaired) electrons. The highest BCUT2D eigenvalue weighted by atomic mass is 79.9. The van der Waals surface area contributed by atoms with Crippen molar-refractivity contribution in [3.8, 4) is 0 Å². The van der Waals surface area contributed by atoms with Gasteiger partial charge in [-0.15, -0.1) is 0 Å². The van der Waals surface area contributed by atoms with Crippen molar-refractivity contribution in [2.24, 2.45) is 5.41 Å². The minimum absolute atomic E-state index is 0.0922. The number of pyridine rings is 1. The molecule has 1 aromatic heterocycles. The molecule has 0 amide bonds. The third-order valence-electron chi connectivity index (χ3n) is 5.25. The number of carbonyl (C=O) groups excluding carboxylic acids is 1. The van der Waals surface area contributed by atoms with E-state index < -0.39 is 17.0 Å². The van der Waals surface area contributed by atoms with E-state index in [0.29, 0.717) is 42.6 Å². The van der Waals surface area contributed by atoms with E-state index >= 15 is 0 Å². The van der Waals surface area contributed by atoms with E-state index in [1.807, 2.05) is 0 Å². The summed E-state index contributed by atoms with van der Waals surface area (Å²) in [6.07, 6.45) is 1.09. The second-order valence-corrected chi connectivity index (χ2v) is 8.22. The fourth-order valence-corrected chi connectivity index (χ4v) is 4.16. The molecule has 28 heavy (non-hydrogen) atoms. The van der Waals surface area contributed by atoms with Crippen molar-refractivity contribution in [2.75, 3.05) is 20.2 Å². The molecule has 2 heterocycles. The van der Waals surface area contributed by atoms with Crippen LogP contribution in [-0.2, 0) is 22.5 Å². The Bertz CT molecular complexity index is 873. The van der Waals surface area contributed by atoms with Crippen molar-refractivity contribution in [3.63, 3.8) is 0 Å². The van der Waals surface area contributed by atoms with Crippen LogP contribution in [0.1, 0.15) is 24.1 Å². The van der Waals surface area contributed by atoms with Gasteiger partial charge in [0.2, 0.25) is 0 Å². The number of ether oxygens (including phenoxy) is 1. The Hall–Kier alpha value is -1.57. The predicted octanol–water partition coefficient (Wildman–Crippen LogP) is 4.77. The van der Waals surface area contributed by atoms with Gasteiger partial charge >= 0.3 is 5.97 Å². The number of esters is 1. The Balaban J connectivity index is 1.75. The number of piperidine rings is 1. The van der Waals surface area contributed by atoms with E-state index in [4.69, 9.17) is 16.3 Å². The number of hydrogen-bond donors (Lipinski definition) is 0. The lowest BCUT2D eigenvalue weighted by Crippen LogP contribution is -2.46. The molecular weight excluding hydrogens is 454 g/mol. The summed E-state index contributed by atoms with van der Waals surface area (Å²) >= 11 is 9.10. The maximum atomic E-state index is 14.2. The van der Waals surface area contributed by atoms with Gasteiger partial charge in [0.1, 0.15) is 16.2 Å². The molecule has 3 rings (SSSR count). The van der Waals surface area contributed by atoms with Crippen LogP contribution < -0.4 is 0 Å². The second-order valence-electron chi connectivity index (χ2n) is 7.00. The average molecular weight is 474 g/mol. The van der Waals surface area contributed by atoms with E-state index in [1.165, 1.54) is 25.3 Å². The maximum absolute atomic E-state index is 14.2. The first-order valence-corrected chi connectivity index (χ1v) is 10.1. The number of halogens is 4. The van der Waals surface area contributed by atoms with Gasteiger partial charge in [0.15, 0.2) is 0 Å². The van der Waals surface area contributed by atoms with Crippen molar-refractivity contribution in [3.05, 3.63) is 62.8 Å². The van der Waals surface area contributed by atoms with Crippen molar-refractivity contribution in [2.45, 2.75) is 25.8 Å². The van der Waals surface area contributed by atoms with Crippen molar-refractivity contribution >= 4 is 33.5 Å². The van der Waals surface area contributed by atoms with Gasteiger partial charge in [0.05, 0.1) is 23.2 Å². The van der Waals surface area contributed by atoms with Crippen LogP contribution in [0.2, 0.25) is 5.02 Å². The lowest BCUT2D eigenvalue weighted by Gasteiger charge is -2.39. The van der Waals surface area contributed by atoms with Crippen LogP contribution in [0, 0.1) is 17.0 Å². The number of rotatable bonds is 5. The number of nitrogens with zero attached hydrogens (tertiary/aromatic N) is 2. The zero-order chi connectivity index (χ0) is 20.3. The Morgan fingerprint density at radius 3 is 2.68 bits per heavy atom. The molecule has 0 saturated carbocycles. The summed E-state index contributed by atoms with van der Waals surface area (Å²) in [6, 6.07) is 7.77. The summed E-state index contributed by atoms with van der Waals surface area (Å²) in [5.74, 6) is -1.24. The summed E-state index contributed by atoms with van der Waals surface area (Å²) in [6.45, 7) is 1.50. The molecule has 1 aliphatic heterocycles. The zero-order valence-corrected chi connectivity index (χ0v) is 17.7. The zero-order valence-electron chi connectivity index (χ0n) is 15.4. The molecule has 0 N–H and O–H groups in total. The summed E-state index contributed by atoms with van der Waals surface area (Å²) < 4.78 is 33.9. The van der Waals surface area contributed by atoms with Gasteiger partial charge in [-0.1, -0.05) is 23.7 Å². The third-order valence-corrected chi connectivity index (χ3v) is 5.98. The quantitative estimate of drug-likeness (QED) is 0.463. The van der Waals surface area contributed by atoms with Gasteiger partial charge in [-0.3, -0.25) is 9.69 Å². The fraction of sp³-hybridized carbons (Fsp3) is 0.400. The molecule has 0 aliphatic carbocycles. The first kappa shape index (κ1) is 21.1. The normalized spacial score (nSPS) is 16.8. The number of aromatic nitrogens is 1. The molecule has 8 heteroatoms. The molecule has 0 spiro atoms. The topological polar surface area (TPSA) is 42.4 Å². The molecule has 150 valence electrons. The maximum Gasteiger partial charge on any atom is 0.312 e. The highest BCUT2D eigenvalue weighted by Gasteiger charge is 2.43. The second kappa shape index (κ2) is 8.84. The molecule has 1 saturated heterocycles. The molecule has 1 fully saturated rings. The molecular formula is C20H20BrClF2N2O2. The Morgan fingerprint density at radius 1 is 1.29 bits per heavy atom. The van der Waals surface area contributed by atoms with E-state index in [0.717, 1.165) is 0 Å². The van der Waals surface area contributed by atoms with Crippen LogP contribution in [0.25, 0.3) is 0 Å². The first-order valence-electron chi connectivity index (χ1n) is 8.89. The van der Waals surface area contributed by atoms with Gasteiger partial charge in [-0.25, -0.2) is 13.8 Å². The molecule has 0 atom stereocenters. The van der Waals surface area contributed by atoms with E-state index in [1.54, 1.807) is 12.1 Å². The minimum atomic E-state index is -0.854. The van der Waals surface area contributed by atoms with E-state index in [2.05, 4.69) is 25.8 Å². The minimum Gasteiger partial charge on any atom is -0.469 e. The van der Waals surface area contributed by atoms with Crippen LogP contribution >= 0.6 is 27.5 Å². The highest BCUT2D eigenvalue weighted by molar-refractivity contribution is 9.10. The number of hydrogen-bond acceptors (Lipinski definition) is 4. The predicted molar refractivity (Wildman–Crippen MR) is 106 cm³/mol. The SMILES string of the molecule is COC(=O)C1(Cc2nc(Br)ccc2F)CCN(Cc2cccc(Cl)c2F)CC1. The van der Waals surface area contributed by atoms with Gasteiger partial charge < -0.3 is 4.74 Å². The third kappa shape index (κ3) is 4.53. The largest absolute Gasteiger partial charge is 0.469 e. The van der Waals surface area contributed by atoms with Crippen LogP contribution in [0.15, 0.2) is 34.9 Å². The highest BCUT2D eigenvalue weighted by Crippen LogP contribution is 2.37. The van der Waals surface area contributed by atoms with E-state index in [-0.39, 0.29) is 23.1 Å². The Kier molecular flexibility index (Phi) is 6.68. The lowest BCUT2D eigenvalue weighted by molar-refractivity contribution is -0.156. The first-order chi connectivity index (χ1) is 13.3. The van der Waals surface area contributed by atoms with Crippen LogP contribution in [0.5, 0.6) is 0 Å². The van der Waals surface area contributed by atoms with Gasteiger partial charge in [-0.05, 0) is 60.1 Å². The van der Waals surface area contributed by atoms with Crippen LogP contribution in [0.4, 0.5) is 8.78 Å². The molecule has 1 aliphatic rings. The molecule has 1 aromatic carbocycles. The summed E-state index contributed by atoms with van der Waals surface area (Å²) in [7, 11) is 1.34. The summed E-state index contributed by atoms with van der Waals surface area (Å²) in [5.41, 5.74) is -0.112. The molecule has 4 nitrogen and oxygen atoms in total. The van der Waals surface area contributed by atoms with Gasteiger partial charge in [0, 0.05) is 18.5 Å². The van der Waals surface area contributed by atoms with Crippen LogP contribution in [-0.4, -0.2) is 36.1 Å².